The minimum Gasteiger partial charge on any atom is -0.393 e. The van der Waals surface area contributed by atoms with E-state index in [0.29, 0.717) is 17.8 Å². The van der Waals surface area contributed by atoms with Crippen LogP contribution < -0.4 is 0 Å². The minimum atomic E-state index is -0.0930. The Morgan fingerprint density at radius 3 is 2.33 bits per heavy atom. The van der Waals surface area contributed by atoms with Crippen molar-refractivity contribution < 1.29 is 5.11 Å². The molecule has 2 unspecified atom stereocenters. The van der Waals surface area contributed by atoms with Gasteiger partial charge in [-0.2, -0.15) is 5.26 Å². The van der Waals surface area contributed by atoms with Gasteiger partial charge in [0.15, 0.2) is 0 Å². The minimum absolute atomic E-state index is 0.0930. The van der Waals surface area contributed by atoms with Gasteiger partial charge in [0.05, 0.1) is 18.1 Å². The largest absolute Gasteiger partial charge is 0.393 e. The lowest BCUT2D eigenvalue weighted by molar-refractivity contribution is 0.164. The maximum atomic E-state index is 9.03. The number of aliphatic hydroxyl groups is 1. The maximum Gasteiger partial charge on any atom is 0.0661 e. The lowest BCUT2D eigenvalue weighted by atomic mass is 10.1. The summed E-state index contributed by atoms with van der Waals surface area (Å²) in [5, 5.41) is 17.5. The molecule has 2 atom stereocenters. The van der Waals surface area contributed by atoms with E-state index in [4.69, 9.17) is 10.4 Å². The fourth-order valence-corrected chi connectivity index (χ4v) is 2.00. The average molecular weight is 123 g/mol. The van der Waals surface area contributed by atoms with Crippen molar-refractivity contribution in [2.75, 3.05) is 0 Å². The Morgan fingerprint density at radius 2 is 1.89 bits per heavy atom. The first-order valence-electron chi connectivity index (χ1n) is 3.40. The van der Waals surface area contributed by atoms with Gasteiger partial charge >= 0.3 is 0 Å². The second kappa shape index (κ2) is 1.48. The molecule has 2 aliphatic rings. The zero-order valence-electron chi connectivity index (χ0n) is 5.12. The summed E-state index contributed by atoms with van der Waals surface area (Å²) in [7, 11) is 0. The van der Waals surface area contributed by atoms with Gasteiger partial charge in [-0.3, -0.25) is 0 Å². The monoisotopic (exact) mass is 123 g/mol. The summed E-state index contributed by atoms with van der Waals surface area (Å²) in [6, 6.07) is 2.25. The summed E-state index contributed by atoms with van der Waals surface area (Å²) in [6.07, 6.45) is 1.66. The zero-order valence-corrected chi connectivity index (χ0v) is 5.12. The van der Waals surface area contributed by atoms with Crippen LogP contribution in [0.4, 0.5) is 0 Å². The molecule has 0 saturated heterocycles. The molecule has 2 fully saturated rings. The highest BCUT2D eigenvalue weighted by Crippen LogP contribution is 2.56. The molecule has 2 rings (SSSR count). The van der Waals surface area contributed by atoms with Crippen molar-refractivity contribution in [3.63, 3.8) is 0 Å². The number of hydrogen-bond donors (Lipinski definition) is 1. The van der Waals surface area contributed by atoms with Crippen LogP contribution in [0, 0.1) is 29.1 Å². The summed E-state index contributed by atoms with van der Waals surface area (Å²) >= 11 is 0. The molecule has 0 aliphatic heterocycles. The van der Waals surface area contributed by atoms with E-state index >= 15 is 0 Å². The van der Waals surface area contributed by atoms with Gasteiger partial charge in [0.25, 0.3) is 0 Å². The van der Waals surface area contributed by atoms with Gasteiger partial charge in [0, 0.05) is 0 Å². The summed E-state index contributed by atoms with van der Waals surface area (Å²) in [6.45, 7) is 0. The van der Waals surface area contributed by atoms with Crippen molar-refractivity contribution in [3.05, 3.63) is 0 Å². The molecule has 48 valence electrons. The van der Waals surface area contributed by atoms with E-state index < -0.39 is 0 Å². The number of rotatable bonds is 0. The highest BCUT2D eigenvalue weighted by atomic mass is 16.3. The molecule has 0 aromatic rings. The third kappa shape index (κ3) is 0.585. The molecule has 1 N–H and O–H groups in total. The summed E-state index contributed by atoms with van der Waals surface area (Å²) in [4.78, 5) is 0. The molecule has 2 saturated carbocycles. The third-order valence-electron chi connectivity index (χ3n) is 2.57. The molecule has 0 aromatic heterocycles. The Labute approximate surface area is 54.1 Å². The second-order valence-electron chi connectivity index (χ2n) is 3.11. The quantitative estimate of drug-likeness (QED) is 0.510. The Bertz CT molecular complexity index is 160. The fourth-order valence-electron chi connectivity index (χ4n) is 2.00. The SMILES string of the molecule is N#CC1C2CC(O)CC12. The van der Waals surface area contributed by atoms with Gasteiger partial charge in [0.2, 0.25) is 0 Å². The van der Waals surface area contributed by atoms with Crippen LogP contribution in [0.3, 0.4) is 0 Å². The van der Waals surface area contributed by atoms with E-state index in [-0.39, 0.29) is 6.10 Å². The van der Waals surface area contributed by atoms with E-state index in [1.165, 1.54) is 0 Å². The van der Waals surface area contributed by atoms with Crippen LogP contribution in [0.2, 0.25) is 0 Å². The van der Waals surface area contributed by atoms with E-state index in [9.17, 15) is 0 Å². The maximum absolute atomic E-state index is 9.03. The van der Waals surface area contributed by atoms with Crippen LogP contribution in [0.1, 0.15) is 12.8 Å². The second-order valence-corrected chi connectivity index (χ2v) is 3.11. The van der Waals surface area contributed by atoms with Crippen molar-refractivity contribution in [1.82, 2.24) is 0 Å². The first-order valence-corrected chi connectivity index (χ1v) is 3.40. The Morgan fingerprint density at radius 1 is 1.33 bits per heavy atom. The molecular weight excluding hydrogens is 114 g/mol. The Hall–Kier alpha value is -0.550. The number of nitriles is 1. The average Bonchev–Trinajstić information content (AvgIpc) is 2.30. The molecule has 0 heterocycles. The highest BCUT2D eigenvalue weighted by Gasteiger charge is 2.56. The first-order chi connectivity index (χ1) is 4.33. The molecule has 9 heavy (non-hydrogen) atoms. The summed E-state index contributed by atoms with van der Waals surface area (Å²) in [5.74, 6) is 1.42. The van der Waals surface area contributed by atoms with E-state index in [2.05, 4.69) is 6.07 Å². The Kier molecular flexibility index (Phi) is 0.866. The number of nitrogens with zero attached hydrogens (tertiary/aromatic N) is 1. The normalized spacial score (nSPS) is 54.2. The summed E-state index contributed by atoms with van der Waals surface area (Å²) in [5.41, 5.74) is 0. The molecule has 2 aliphatic carbocycles. The fraction of sp³-hybridized carbons (Fsp3) is 0.857. The first kappa shape index (κ1) is 5.25. The van der Waals surface area contributed by atoms with Crippen LogP contribution in [0.5, 0.6) is 0 Å². The van der Waals surface area contributed by atoms with Crippen LogP contribution in [0.15, 0.2) is 0 Å². The smallest absolute Gasteiger partial charge is 0.0661 e. The van der Waals surface area contributed by atoms with E-state index in [0.717, 1.165) is 12.8 Å². The van der Waals surface area contributed by atoms with Crippen LogP contribution in [0.25, 0.3) is 0 Å². The van der Waals surface area contributed by atoms with Gasteiger partial charge in [-0.15, -0.1) is 0 Å². The zero-order chi connectivity index (χ0) is 6.43. The van der Waals surface area contributed by atoms with Crippen LogP contribution >= 0.6 is 0 Å². The van der Waals surface area contributed by atoms with Gasteiger partial charge in [-0.1, -0.05) is 0 Å². The van der Waals surface area contributed by atoms with Gasteiger partial charge in [-0.25, -0.2) is 0 Å². The lowest BCUT2D eigenvalue weighted by Crippen LogP contribution is -2.03. The molecule has 0 aromatic carbocycles. The molecule has 0 amide bonds. The van der Waals surface area contributed by atoms with E-state index in [1.54, 1.807) is 0 Å². The topological polar surface area (TPSA) is 44.0 Å². The van der Waals surface area contributed by atoms with E-state index in [1.807, 2.05) is 0 Å². The third-order valence-corrected chi connectivity index (χ3v) is 2.57. The van der Waals surface area contributed by atoms with Gasteiger partial charge in [-0.05, 0) is 24.7 Å². The Balaban J connectivity index is 2.00. The predicted octanol–water partition coefficient (Wildman–Crippen LogP) is 0.527. The number of fused-ring (bicyclic) bond motifs is 1. The standard InChI is InChI=1S/C7H9NO/c8-3-7-5-1-4(9)2-6(5)7/h4-7,9H,1-2H2. The van der Waals surface area contributed by atoms with Gasteiger partial charge < -0.3 is 5.11 Å². The van der Waals surface area contributed by atoms with Crippen LogP contribution in [-0.4, -0.2) is 11.2 Å². The number of hydrogen-bond acceptors (Lipinski definition) is 2. The van der Waals surface area contributed by atoms with Gasteiger partial charge in [0.1, 0.15) is 0 Å². The molecule has 2 heteroatoms. The lowest BCUT2D eigenvalue weighted by Gasteiger charge is -2.01. The number of aliphatic hydroxyl groups excluding tert-OH is 1. The van der Waals surface area contributed by atoms with Crippen molar-refractivity contribution in [2.45, 2.75) is 18.9 Å². The molecule has 0 radical (unpaired) electrons. The van der Waals surface area contributed by atoms with Crippen molar-refractivity contribution >= 4 is 0 Å². The predicted molar refractivity (Wildman–Crippen MR) is 31.3 cm³/mol. The van der Waals surface area contributed by atoms with Crippen molar-refractivity contribution in [2.24, 2.45) is 17.8 Å². The molecule has 0 spiro atoms. The highest BCUT2D eigenvalue weighted by molar-refractivity contribution is 5.13. The molecule has 0 bridgehead atoms. The molecular formula is C7H9NO. The molecule has 2 nitrogen and oxygen atoms in total. The van der Waals surface area contributed by atoms with Crippen LogP contribution in [-0.2, 0) is 0 Å². The summed E-state index contributed by atoms with van der Waals surface area (Å²) < 4.78 is 0. The van der Waals surface area contributed by atoms with Crippen molar-refractivity contribution in [3.8, 4) is 6.07 Å². The van der Waals surface area contributed by atoms with Crippen molar-refractivity contribution in [1.29, 1.82) is 5.26 Å².